The zero-order valence-corrected chi connectivity index (χ0v) is 14.6. The van der Waals surface area contributed by atoms with Gasteiger partial charge in [-0.1, -0.05) is 50.2 Å². The minimum Gasteiger partial charge on any atom is -0.493 e. The molecule has 0 spiro atoms. The second kappa shape index (κ2) is 7.39. The van der Waals surface area contributed by atoms with Crippen molar-refractivity contribution in [2.75, 3.05) is 14.2 Å². The van der Waals surface area contributed by atoms with E-state index < -0.39 is 11.4 Å². The first kappa shape index (κ1) is 17.9. The molecule has 2 rings (SSSR count). The van der Waals surface area contributed by atoms with Gasteiger partial charge in [-0.3, -0.25) is 4.79 Å². The van der Waals surface area contributed by atoms with Crippen LogP contribution in [0.25, 0.3) is 0 Å². The number of hydrogen-bond donors (Lipinski definition) is 1. The summed E-state index contributed by atoms with van der Waals surface area (Å²) in [5.74, 6) is 0.0891. The Labute approximate surface area is 143 Å². The Bertz CT molecular complexity index is 696. The van der Waals surface area contributed by atoms with Crippen molar-refractivity contribution in [2.45, 2.75) is 31.6 Å². The van der Waals surface area contributed by atoms with E-state index in [-0.39, 0.29) is 5.92 Å². The molecule has 0 aliphatic heterocycles. The summed E-state index contributed by atoms with van der Waals surface area (Å²) in [7, 11) is 3.12. The molecular formula is C20H24O4. The molecule has 0 radical (unpaired) electrons. The third-order valence-electron chi connectivity index (χ3n) is 4.88. The molecule has 2 unspecified atom stereocenters. The first-order chi connectivity index (χ1) is 11.5. The maximum absolute atomic E-state index is 12.3. The zero-order valence-electron chi connectivity index (χ0n) is 14.6. The van der Waals surface area contributed by atoms with Crippen LogP contribution in [0.4, 0.5) is 0 Å². The monoisotopic (exact) mass is 328 g/mol. The summed E-state index contributed by atoms with van der Waals surface area (Å²) in [5, 5.41) is 10.1. The molecule has 0 bridgehead atoms. The summed E-state index contributed by atoms with van der Waals surface area (Å²) in [6.07, 6.45) is 0.466. The molecule has 0 fully saturated rings. The standard InChI is InChI=1S/C20H24O4/c1-5-20(19(21)22,14(2)15-9-7-6-8-10-15)16-11-12-17(23-3)18(13-16)24-4/h6-14H,5H2,1-4H3,(H,21,22). The number of benzene rings is 2. The molecule has 1 N–H and O–H groups in total. The number of carboxylic acids is 1. The van der Waals surface area contributed by atoms with Crippen LogP contribution >= 0.6 is 0 Å². The van der Waals surface area contributed by atoms with E-state index in [1.807, 2.05) is 50.2 Å². The number of rotatable bonds is 7. The Kier molecular flexibility index (Phi) is 5.50. The van der Waals surface area contributed by atoms with Crippen molar-refractivity contribution in [3.05, 3.63) is 59.7 Å². The molecule has 0 heterocycles. The summed E-state index contributed by atoms with van der Waals surface area (Å²) >= 11 is 0. The van der Waals surface area contributed by atoms with Gasteiger partial charge in [0.05, 0.1) is 19.6 Å². The predicted octanol–water partition coefficient (Wildman–Crippen LogP) is 4.24. The fraction of sp³-hybridized carbons (Fsp3) is 0.350. The lowest BCUT2D eigenvalue weighted by atomic mass is 9.66. The Hall–Kier alpha value is -2.49. The van der Waals surface area contributed by atoms with Gasteiger partial charge in [0.15, 0.2) is 11.5 Å². The number of carboxylic acid groups (broad SMARTS) is 1. The smallest absolute Gasteiger partial charge is 0.314 e. The lowest BCUT2D eigenvalue weighted by Gasteiger charge is -2.35. The average Bonchev–Trinajstić information content (AvgIpc) is 2.62. The Morgan fingerprint density at radius 3 is 2.21 bits per heavy atom. The second-order valence-electron chi connectivity index (χ2n) is 5.83. The van der Waals surface area contributed by atoms with Gasteiger partial charge in [0, 0.05) is 5.92 Å². The van der Waals surface area contributed by atoms with Gasteiger partial charge in [-0.25, -0.2) is 0 Å². The summed E-state index contributed by atoms with van der Waals surface area (Å²) in [5.41, 5.74) is 0.670. The van der Waals surface area contributed by atoms with Gasteiger partial charge in [-0.2, -0.15) is 0 Å². The van der Waals surface area contributed by atoms with E-state index in [4.69, 9.17) is 9.47 Å². The van der Waals surface area contributed by atoms with Crippen LogP contribution < -0.4 is 9.47 Å². The Morgan fingerprint density at radius 2 is 1.71 bits per heavy atom. The van der Waals surface area contributed by atoms with Crippen LogP contribution in [0.1, 0.15) is 37.3 Å². The fourth-order valence-corrected chi connectivity index (χ4v) is 3.36. The highest BCUT2D eigenvalue weighted by Gasteiger charge is 2.44. The Morgan fingerprint density at radius 1 is 1.08 bits per heavy atom. The van der Waals surface area contributed by atoms with Crippen LogP contribution in [-0.2, 0) is 10.2 Å². The van der Waals surface area contributed by atoms with Crippen molar-refractivity contribution in [3.8, 4) is 11.5 Å². The normalized spacial score (nSPS) is 14.5. The van der Waals surface area contributed by atoms with Gasteiger partial charge >= 0.3 is 5.97 Å². The zero-order chi connectivity index (χ0) is 17.7. The molecule has 0 aliphatic carbocycles. The van der Waals surface area contributed by atoms with E-state index in [1.165, 1.54) is 0 Å². The molecule has 0 saturated carbocycles. The molecule has 0 aliphatic rings. The lowest BCUT2D eigenvalue weighted by Crippen LogP contribution is -2.40. The van der Waals surface area contributed by atoms with Crippen LogP contribution in [0.3, 0.4) is 0 Å². The van der Waals surface area contributed by atoms with Gasteiger partial charge in [0.1, 0.15) is 0 Å². The highest BCUT2D eigenvalue weighted by Crippen LogP contribution is 2.44. The van der Waals surface area contributed by atoms with E-state index in [9.17, 15) is 9.90 Å². The number of methoxy groups -OCH3 is 2. The molecule has 0 saturated heterocycles. The Balaban J connectivity index is 2.62. The van der Waals surface area contributed by atoms with Crippen LogP contribution in [0, 0.1) is 0 Å². The average molecular weight is 328 g/mol. The SMILES string of the molecule is CCC(C(=O)O)(c1ccc(OC)c(OC)c1)C(C)c1ccccc1. The molecule has 4 nitrogen and oxygen atoms in total. The molecule has 2 aromatic carbocycles. The minimum absolute atomic E-state index is 0.195. The highest BCUT2D eigenvalue weighted by molar-refractivity contribution is 5.83. The largest absolute Gasteiger partial charge is 0.493 e. The lowest BCUT2D eigenvalue weighted by molar-refractivity contribution is -0.145. The second-order valence-corrected chi connectivity index (χ2v) is 5.83. The summed E-state index contributed by atoms with van der Waals surface area (Å²) in [6, 6.07) is 15.1. The van der Waals surface area contributed by atoms with Gasteiger partial charge in [0.2, 0.25) is 0 Å². The number of hydrogen-bond acceptors (Lipinski definition) is 3. The highest BCUT2D eigenvalue weighted by atomic mass is 16.5. The topological polar surface area (TPSA) is 55.8 Å². The molecule has 4 heteroatoms. The van der Waals surface area contributed by atoms with E-state index >= 15 is 0 Å². The van der Waals surface area contributed by atoms with Crippen molar-refractivity contribution < 1.29 is 19.4 Å². The third-order valence-corrected chi connectivity index (χ3v) is 4.88. The quantitative estimate of drug-likeness (QED) is 0.826. The van der Waals surface area contributed by atoms with Crippen LogP contribution in [0.5, 0.6) is 11.5 Å². The maximum Gasteiger partial charge on any atom is 0.314 e. The minimum atomic E-state index is -1.04. The number of ether oxygens (including phenoxy) is 2. The number of carbonyl (C=O) groups is 1. The molecule has 0 amide bonds. The van der Waals surface area contributed by atoms with E-state index in [0.717, 1.165) is 5.56 Å². The summed E-state index contributed by atoms with van der Waals surface area (Å²) in [6.45, 7) is 3.87. The van der Waals surface area contributed by atoms with Crippen molar-refractivity contribution in [2.24, 2.45) is 0 Å². The third kappa shape index (κ3) is 2.96. The fourth-order valence-electron chi connectivity index (χ4n) is 3.36. The van der Waals surface area contributed by atoms with Crippen molar-refractivity contribution in [1.82, 2.24) is 0 Å². The van der Waals surface area contributed by atoms with Gasteiger partial charge in [-0.05, 0) is 29.7 Å². The molecule has 2 atom stereocenters. The first-order valence-electron chi connectivity index (χ1n) is 8.02. The number of aliphatic carboxylic acids is 1. The molecule has 24 heavy (non-hydrogen) atoms. The van der Waals surface area contributed by atoms with Crippen LogP contribution in [0.2, 0.25) is 0 Å². The maximum atomic E-state index is 12.3. The summed E-state index contributed by atoms with van der Waals surface area (Å²) < 4.78 is 10.6. The van der Waals surface area contributed by atoms with Crippen molar-refractivity contribution in [1.29, 1.82) is 0 Å². The van der Waals surface area contributed by atoms with Crippen molar-refractivity contribution >= 4 is 5.97 Å². The molecular weight excluding hydrogens is 304 g/mol. The van der Waals surface area contributed by atoms with Crippen LogP contribution in [0.15, 0.2) is 48.5 Å². The van der Waals surface area contributed by atoms with Gasteiger partial charge in [0.25, 0.3) is 0 Å². The predicted molar refractivity (Wildman–Crippen MR) is 94.0 cm³/mol. The van der Waals surface area contributed by atoms with Gasteiger partial charge < -0.3 is 14.6 Å². The van der Waals surface area contributed by atoms with Crippen molar-refractivity contribution in [3.63, 3.8) is 0 Å². The van der Waals surface area contributed by atoms with Gasteiger partial charge in [-0.15, -0.1) is 0 Å². The summed E-state index contributed by atoms with van der Waals surface area (Å²) in [4.78, 5) is 12.3. The molecule has 128 valence electrons. The first-order valence-corrected chi connectivity index (χ1v) is 8.02. The molecule has 0 aromatic heterocycles. The van der Waals surface area contributed by atoms with E-state index in [0.29, 0.717) is 23.5 Å². The van der Waals surface area contributed by atoms with E-state index in [1.54, 1.807) is 26.4 Å². The van der Waals surface area contributed by atoms with Crippen LogP contribution in [-0.4, -0.2) is 25.3 Å². The molecule has 2 aromatic rings. The van der Waals surface area contributed by atoms with E-state index in [2.05, 4.69) is 0 Å².